The summed E-state index contributed by atoms with van der Waals surface area (Å²) in [6, 6.07) is 1.72. The highest BCUT2D eigenvalue weighted by molar-refractivity contribution is 7.89. The molecule has 0 spiro atoms. The van der Waals surface area contributed by atoms with Crippen molar-refractivity contribution < 1.29 is 17.7 Å². The molecule has 0 aliphatic carbocycles. The summed E-state index contributed by atoms with van der Waals surface area (Å²) in [6.07, 6.45) is 2.66. The fraction of sp³-hybridized carbons (Fsp3) is 0.533. The van der Waals surface area contributed by atoms with Crippen LogP contribution >= 0.6 is 0 Å². The summed E-state index contributed by atoms with van der Waals surface area (Å²) in [5, 5.41) is 10.6. The van der Waals surface area contributed by atoms with Crippen LogP contribution in [0.4, 0.5) is 5.82 Å². The molecule has 1 fully saturated rings. The Balaban J connectivity index is 1.64. The van der Waals surface area contributed by atoms with E-state index < -0.39 is 10.0 Å². The maximum absolute atomic E-state index is 12.8. The van der Waals surface area contributed by atoms with Crippen molar-refractivity contribution in [3.63, 3.8) is 0 Å². The van der Waals surface area contributed by atoms with Gasteiger partial charge in [-0.25, -0.2) is 8.42 Å². The molecule has 136 valence electrons. The van der Waals surface area contributed by atoms with Crippen molar-refractivity contribution in [3.8, 4) is 0 Å². The Morgan fingerprint density at radius 2 is 2.00 bits per heavy atom. The summed E-state index contributed by atoms with van der Waals surface area (Å²) in [4.78, 5) is 12.4. The standard InChI is InChI=1S/C15H21N5O4S/c1-10-14(11(2)24-18-10)25(22,23)20-8-4-12(5-9-20)15(21)16-13-6-7-19(3)17-13/h6-7,12H,4-5,8-9H2,1-3H3,(H,16,17,21). The monoisotopic (exact) mass is 367 g/mol. The molecule has 0 saturated carbocycles. The molecule has 1 N–H and O–H groups in total. The predicted molar refractivity (Wildman–Crippen MR) is 89.3 cm³/mol. The largest absolute Gasteiger partial charge is 0.360 e. The van der Waals surface area contributed by atoms with Gasteiger partial charge in [-0.2, -0.15) is 9.40 Å². The number of aromatic nitrogens is 3. The van der Waals surface area contributed by atoms with Gasteiger partial charge in [0.05, 0.1) is 0 Å². The first-order chi connectivity index (χ1) is 11.8. The van der Waals surface area contributed by atoms with Gasteiger partial charge in [-0.1, -0.05) is 5.16 Å². The molecule has 2 aromatic rings. The summed E-state index contributed by atoms with van der Waals surface area (Å²) in [5.74, 6) is 0.414. The molecule has 2 aromatic heterocycles. The molecule has 0 atom stereocenters. The van der Waals surface area contributed by atoms with Crippen molar-refractivity contribution in [2.45, 2.75) is 31.6 Å². The molecule has 3 heterocycles. The van der Waals surface area contributed by atoms with Crippen LogP contribution in [0.1, 0.15) is 24.3 Å². The van der Waals surface area contributed by atoms with Crippen molar-refractivity contribution in [1.82, 2.24) is 19.2 Å². The van der Waals surface area contributed by atoms with Crippen LogP contribution in [0.2, 0.25) is 0 Å². The Morgan fingerprint density at radius 1 is 1.32 bits per heavy atom. The van der Waals surface area contributed by atoms with E-state index in [4.69, 9.17) is 4.52 Å². The highest BCUT2D eigenvalue weighted by Gasteiger charge is 2.35. The van der Waals surface area contributed by atoms with E-state index in [2.05, 4.69) is 15.6 Å². The number of rotatable bonds is 4. The number of carbonyl (C=O) groups is 1. The van der Waals surface area contributed by atoms with Crippen LogP contribution in [0, 0.1) is 19.8 Å². The number of nitrogens with zero attached hydrogens (tertiary/aromatic N) is 4. The number of hydrogen-bond acceptors (Lipinski definition) is 6. The second-order valence-electron chi connectivity index (χ2n) is 6.20. The highest BCUT2D eigenvalue weighted by Crippen LogP contribution is 2.28. The average Bonchev–Trinajstić information content (AvgIpc) is 3.13. The molecule has 1 aliphatic rings. The van der Waals surface area contributed by atoms with Gasteiger partial charge in [-0.15, -0.1) is 0 Å². The zero-order valence-electron chi connectivity index (χ0n) is 14.4. The van der Waals surface area contributed by atoms with Crippen LogP contribution < -0.4 is 5.32 Å². The third-order valence-corrected chi connectivity index (χ3v) is 6.50. The number of sulfonamides is 1. The molecular weight excluding hydrogens is 346 g/mol. The quantitative estimate of drug-likeness (QED) is 0.865. The van der Waals surface area contributed by atoms with Crippen LogP contribution in [-0.2, 0) is 21.9 Å². The lowest BCUT2D eigenvalue weighted by molar-refractivity contribution is -0.120. The zero-order valence-corrected chi connectivity index (χ0v) is 15.2. The van der Waals surface area contributed by atoms with Crippen LogP contribution in [0.3, 0.4) is 0 Å². The van der Waals surface area contributed by atoms with Crippen LogP contribution in [0.5, 0.6) is 0 Å². The molecule has 0 aromatic carbocycles. The molecule has 1 saturated heterocycles. The van der Waals surface area contributed by atoms with Gasteiger partial charge in [0.2, 0.25) is 15.9 Å². The molecule has 1 aliphatic heterocycles. The molecule has 0 radical (unpaired) electrons. The fourth-order valence-corrected chi connectivity index (χ4v) is 4.80. The van der Waals surface area contributed by atoms with E-state index in [1.165, 1.54) is 4.31 Å². The second-order valence-corrected chi connectivity index (χ2v) is 8.07. The number of carbonyl (C=O) groups excluding carboxylic acids is 1. The number of anilines is 1. The molecule has 1 amide bonds. The Morgan fingerprint density at radius 3 is 2.52 bits per heavy atom. The topological polar surface area (TPSA) is 110 Å². The Hall–Kier alpha value is -2.20. The van der Waals surface area contributed by atoms with E-state index in [9.17, 15) is 13.2 Å². The van der Waals surface area contributed by atoms with Gasteiger partial charge in [-0.3, -0.25) is 9.48 Å². The van der Waals surface area contributed by atoms with Crippen LogP contribution in [0.15, 0.2) is 21.7 Å². The van der Waals surface area contributed by atoms with Crippen LogP contribution in [-0.4, -0.2) is 46.7 Å². The van der Waals surface area contributed by atoms with Gasteiger partial charge >= 0.3 is 0 Å². The number of piperidine rings is 1. The van der Waals surface area contributed by atoms with Gasteiger partial charge in [0, 0.05) is 38.3 Å². The van der Waals surface area contributed by atoms with Crippen molar-refractivity contribution in [2.24, 2.45) is 13.0 Å². The minimum Gasteiger partial charge on any atom is -0.360 e. The first kappa shape index (κ1) is 17.6. The first-order valence-corrected chi connectivity index (χ1v) is 9.46. The molecule has 10 heteroatoms. The van der Waals surface area contributed by atoms with Crippen molar-refractivity contribution >= 4 is 21.7 Å². The van der Waals surface area contributed by atoms with E-state index in [0.29, 0.717) is 24.4 Å². The van der Waals surface area contributed by atoms with Crippen molar-refractivity contribution in [1.29, 1.82) is 0 Å². The summed E-state index contributed by atoms with van der Waals surface area (Å²) < 4.78 is 33.5. The average molecular weight is 367 g/mol. The van der Waals surface area contributed by atoms with Crippen molar-refractivity contribution in [2.75, 3.05) is 18.4 Å². The lowest BCUT2D eigenvalue weighted by Crippen LogP contribution is -2.41. The van der Waals surface area contributed by atoms with E-state index in [-0.39, 0.29) is 35.6 Å². The molecule has 3 rings (SSSR count). The summed E-state index contributed by atoms with van der Waals surface area (Å²) in [7, 11) is -1.88. The van der Waals surface area contributed by atoms with Crippen molar-refractivity contribution in [3.05, 3.63) is 23.7 Å². The molecule has 25 heavy (non-hydrogen) atoms. The maximum Gasteiger partial charge on any atom is 0.248 e. The Kier molecular flexibility index (Phi) is 4.65. The molecule has 9 nitrogen and oxygen atoms in total. The summed E-state index contributed by atoms with van der Waals surface area (Å²) in [5.41, 5.74) is 0.354. The summed E-state index contributed by atoms with van der Waals surface area (Å²) >= 11 is 0. The van der Waals surface area contributed by atoms with E-state index in [1.54, 1.807) is 37.8 Å². The van der Waals surface area contributed by atoms with Gasteiger partial charge < -0.3 is 9.84 Å². The summed E-state index contributed by atoms with van der Waals surface area (Å²) in [6.45, 7) is 3.76. The molecular formula is C15H21N5O4S. The number of amides is 1. The van der Waals surface area contributed by atoms with Crippen LogP contribution in [0.25, 0.3) is 0 Å². The fourth-order valence-electron chi connectivity index (χ4n) is 3.04. The Bertz CT molecular complexity index is 858. The van der Waals surface area contributed by atoms with Gasteiger partial charge in [0.1, 0.15) is 10.6 Å². The predicted octanol–water partition coefficient (Wildman–Crippen LogP) is 1.06. The lowest BCUT2D eigenvalue weighted by Gasteiger charge is -2.30. The Labute approximate surface area is 146 Å². The molecule has 0 unspecified atom stereocenters. The minimum absolute atomic E-state index is 0.129. The highest BCUT2D eigenvalue weighted by atomic mass is 32.2. The van der Waals surface area contributed by atoms with E-state index in [0.717, 1.165) is 0 Å². The number of aryl methyl sites for hydroxylation is 3. The third kappa shape index (κ3) is 3.45. The maximum atomic E-state index is 12.8. The van der Waals surface area contributed by atoms with Gasteiger partial charge in [-0.05, 0) is 26.7 Å². The zero-order chi connectivity index (χ0) is 18.2. The first-order valence-electron chi connectivity index (χ1n) is 8.02. The van der Waals surface area contributed by atoms with E-state index >= 15 is 0 Å². The third-order valence-electron chi connectivity index (χ3n) is 4.36. The normalized spacial score (nSPS) is 16.9. The number of hydrogen-bond donors (Lipinski definition) is 1. The molecule has 0 bridgehead atoms. The second kappa shape index (κ2) is 6.60. The number of nitrogens with one attached hydrogen (secondary N) is 1. The van der Waals surface area contributed by atoms with Gasteiger partial charge in [0.15, 0.2) is 11.6 Å². The van der Waals surface area contributed by atoms with Gasteiger partial charge in [0.25, 0.3) is 0 Å². The SMILES string of the molecule is Cc1noc(C)c1S(=O)(=O)N1CCC(C(=O)Nc2ccn(C)n2)CC1. The smallest absolute Gasteiger partial charge is 0.248 e. The minimum atomic E-state index is -3.66. The lowest BCUT2D eigenvalue weighted by atomic mass is 9.97. The van der Waals surface area contributed by atoms with E-state index in [1.807, 2.05) is 0 Å².